The molecule has 0 fully saturated rings. The minimum absolute atomic E-state index is 0.0545. The summed E-state index contributed by atoms with van der Waals surface area (Å²) in [7, 11) is 0. The van der Waals surface area contributed by atoms with Gasteiger partial charge in [-0.3, -0.25) is 4.79 Å². The van der Waals surface area contributed by atoms with Crippen molar-refractivity contribution in [1.29, 1.82) is 0 Å². The molecule has 0 atom stereocenters. The maximum Gasteiger partial charge on any atom is 0.195 e. The Labute approximate surface area is 103 Å². The Balaban J connectivity index is 2.14. The lowest BCUT2D eigenvalue weighted by Gasteiger charge is -2.00. The van der Waals surface area contributed by atoms with E-state index in [2.05, 4.69) is 9.97 Å². The van der Waals surface area contributed by atoms with E-state index in [0.717, 1.165) is 22.2 Å². The summed E-state index contributed by atoms with van der Waals surface area (Å²) >= 11 is 0. The van der Waals surface area contributed by atoms with Crippen LogP contribution >= 0.6 is 0 Å². The second-order valence-electron chi connectivity index (χ2n) is 4.31. The summed E-state index contributed by atoms with van der Waals surface area (Å²) in [5.41, 5.74) is 3.75. The highest BCUT2D eigenvalue weighted by molar-refractivity contribution is 6.22. The molecule has 0 bridgehead atoms. The van der Waals surface area contributed by atoms with Crippen LogP contribution in [-0.4, -0.2) is 15.8 Å². The molecule has 0 amide bonds. The van der Waals surface area contributed by atoms with Crippen LogP contribution in [0, 0.1) is 0 Å². The number of fused-ring (bicyclic) bond motifs is 4. The first-order valence-electron chi connectivity index (χ1n) is 5.74. The van der Waals surface area contributed by atoms with Gasteiger partial charge in [0.15, 0.2) is 11.4 Å². The number of pyridine rings is 2. The Kier molecular flexibility index (Phi) is 1.70. The first-order valence-corrected chi connectivity index (χ1v) is 5.74. The number of nitrogens with zero attached hydrogens (tertiary/aromatic N) is 2. The summed E-state index contributed by atoms with van der Waals surface area (Å²) in [5, 5.41) is 0.900. The summed E-state index contributed by atoms with van der Waals surface area (Å²) < 4.78 is 0. The van der Waals surface area contributed by atoms with Crippen molar-refractivity contribution in [3.05, 3.63) is 59.8 Å². The molecule has 1 aliphatic rings. The molecule has 18 heavy (non-hydrogen) atoms. The van der Waals surface area contributed by atoms with E-state index >= 15 is 0 Å². The van der Waals surface area contributed by atoms with Crippen LogP contribution in [0.1, 0.15) is 15.9 Å². The van der Waals surface area contributed by atoms with Gasteiger partial charge in [0, 0.05) is 28.3 Å². The molecule has 3 aromatic rings. The normalized spacial score (nSPS) is 12.6. The predicted octanol–water partition coefficient (Wildman–Crippen LogP) is 2.84. The van der Waals surface area contributed by atoms with Crippen molar-refractivity contribution in [2.75, 3.05) is 0 Å². The molecule has 3 heteroatoms. The largest absolute Gasteiger partial charge is 0.289 e. The third-order valence-electron chi connectivity index (χ3n) is 3.26. The molecule has 4 rings (SSSR count). The zero-order chi connectivity index (χ0) is 12.1. The van der Waals surface area contributed by atoms with Crippen molar-refractivity contribution in [3.8, 4) is 11.3 Å². The second-order valence-corrected chi connectivity index (χ2v) is 4.31. The number of ketones is 1. The zero-order valence-electron chi connectivity index (χ0n) is 9.42. The van der Waals surface area contributed by atoms with Crippen LogP contribution in [0.2, 0.25) is 0 Å². The van der Waals surface area contributed by atoms with Gasteiger partial charge in [0.1, 0.15) is 0 Å². The molecule has 3 nitrogen and oxygen atoms in total. The molecule has 0 radical (unpaired) electrons. The smallest absolute Gasteiger partial charge is 0.195 e. The number of rotatable bonds is 0. The Morgan fingerprint density at radius 2 is 1.72 bits per heavy atom. The third-order valence-corrected chi connectivity index (χ3v) is 3.26. The van der Waals surface area contributed by atoms with E-state index < -0.39 is 0 Å². The summed E-state index contributed by atoms with van der Waals surface area (Å²) in [4.78, 5) is 21.0. The first-order chi connectivity index (χ1) is 8.84. The minimum Gasteiger partial charge on any atom is -0.289 e. The van der Waals surface area contributed by atoms with Crippen LogP contribution in [0.15, 0.2) is 48.7 Å². The first kappa shape index (κ1) is 9.48. The molecule has 0 saturated heterocycles. The van der Waals surface area contributed by atoms with Crippen molar-refractivity contribution < 1.29 is 4.79 Å². The zero-order valence-corrected chi connectivity index (χ0v) is 9.42. The van der Waals surface area contributed by atoms with E-state index in [1.54, 1.807) is 6.20 Å². The topological polar surface area (TPSA) is 42.9 Å². The lowest BCUT2D eigenvalue weighted by molar-refractivity contribution is 0.104. The van der Waals surface area contributed by atoms with Gasteiger partial charge in [-0.25, -0.2) is 9.97 Å². The van der Waals surface area contributed by atoms with Crippen LogP contribution in [0.5, 0.6) is 0 Å². The summed E-state index contributed by atoms with van der Waals surface area (Å²) in [5.74, 6) is 0.0545. The molecule has 0 aliphatic heterocycles. The van der Waals surface area contributed by atoms with Gasteiger partial charge in [-0.2, -0.15) is 0 Å². The van der Waals surface area contributed by atoms with Crippen LogP contribution in [0.3, 0.4) is 0 Å². The van der Waals surface area contributed by atoms with Crippen molar-refractivity contribution in [2.45, 2.75) is 0 Å². The van der Waals surface area contributed by atoms with Crippen molar-refractivity contribution in [3.63, 3.8) is 0 Å². The lowest BCUT2D eigenvalue weighted by Crippen LogP contribution is -1.96. The van der Waals surface area contributed by atoms with Gasteiger partial charge in [0.25, 0.3) is 0 Å². The number of hydrogen-bond acceptors (Lipinski definition) is 3. The average Bonchev–Trinajstić information content (AvgIpc) is 2.71. The van der Waals surface area contributed by atoms with Gasteiger partial charge >= 0.3 is 0 Å². The maximum absolute atomic E-state index is 12.3. The number of hydrogen-bond donors (Lipinski definition) is 0. The Hall–Kier alpha value is -2.55. The fourth-order valence-electron chi connectivity index (χ4n) is 2.42. The van der Waals surface area contributed by atoms with E-state index in [-0.39, 0.29) is 5.78 Å². The second kappa shape index (κ2) is 3.23. The van der Waals surface area contributed by atoms with E-state index in [4.69, 9.17) is 0 Å². The van der Waals surface area contributed by atoms with Crippen LogP contribution in [0.25, 0.3) is 22.3 Å². The number of carbonyl (C=O) groups is 1. The molecule has 0 unspecified atom stereocenters. The molecular weight excluding hydrogens is 224 g/mol. The van der Waals surface area contributed by atoms with E-state index in [1.807, 2.05) is 42.5 Å². The average molecular weight is 232 g/mol. The molecule has 2 aromatic heterocycles. The highest BCUT2D eigenvalue weighted by Gasteiger charge is 2.27. The highest BCUT2D eigenvalue weighted by Crippen LogP contribution is 2.35. The standard InChI is InChI=1S/C15H8N2O/c18-14-11-6-2-1-5-10(11)13-12(14)8-9-4-3-7-16-15(9)17-13/h1-8H. The summed E-state index contributed by atoms with van der Waals surface area (Å²) in [6.07, 6.45) is 1.71. The highest BCUT2D eigenvalue weighted by atomic mass is 16.1. The van der Waals surface area contributed by atoms with Crippen LogP contribution in [0.4, 0.5) is 0 Å². The van der Waals surface area contributed by atoms with Gasteiger partial charge in [-0.05, 0) is 18.2 Å². The van der Waals surface area contributed by atoms with Gasteiger partial charge in [0.2, 0.25) is 0 Å². The SMILES string of the molecule is O=C1c2ccccc2-c2nc3ncccc3cc21. The predicted molar refractivity (Wildman–Crippen MR) is 68.4 cm³/mol. The van der Waals surface area contributed by atoms with Gasteiger partial charge < -0.3 is 0 Å². The summed E-state index contributed by atoms with van der Waals surface area (Å²) in [6, 6.07) is 13.2. The number of aromatic nitrogens is 2. The molecule has 0 N–H and O–H groups in total. The third kappa shape index (κ3) is 1.10. The number of carbonyl (C=O) groups excluding carboxylic acids is 1. The lowest BCUT2D eigenvalue weighted by atomic mass is 10.1. The minimum atomic E-state index is 0.0545. The van der Waals surface area contributed by atoms with E-state index in [1.165, 1.54) is 0 Å². The molecule has 2 heterocycles. The van der Waals surface area contributed by atoms with Gasteiger partial charge in [-0.15, -0.1) is 0 Å². The Morgan fingerprint density at radius 1 is 0.889 bits per heavy atom. The Morgan fingerprint density at radius 3 is 2.61 bits per heavy atom. The molecule has 1 aromatic carbocycles. The van der Waals surface area contributed by atoms with Crippen molar-refractivity contribution in [1.82, 2.24) is 9.97 Å². The molecule has 1 aliphatic carbocycles. The monoisotopic (exact) mass is 232 g/mol. The van der Waals surface area contributed by atoms with Crippen LogP contribution < -0.4 is 0 Å². The summed E-state index contributed by atoms with van der Waals surface area (Å²) in [6.45, 7) is 0. The van der Waals surface area contributed by atoms with Crippen molar-refractivity contribution in [2.24, 2.45) is 0 Å². The quantitative estimate of drug-likeness (QED) is 0.468. The van der Waals surface area contributed by atoms with Crippen LogP contribution in [-0.2, 0) is 0 Å². The molecule has 0 saturated carbocycles. The van der Waals surface area contributed by atoms with E-state index in [0.29, 0.717) is 11.2 Å². The molecule has 84 valence electrons. The Bertz CT molecular complexity index is 808. The van der Waals surface area contributed by atoms with Gasteiger partial charge in [-0.1, -0.05) is 24.3 Å². The van der Waals surface area contributed by atoms with Crippen molar-refractivity contribution >= 4 is 16.8 Å². The van der Waals surface area contributed by atoms with Gasteiger partial charge in [0.05, 0.1) is 5.69 Å². The maximum atomic E-state index is 12.3. The fourth-order valence-corrected chi connectivity index (χ4v) is 2.42. The molecular formula is C15H8N2O. The number of benzene rings is 1. The van der Waals surface area contributed by atoms with E-state index in [9.17, 15) is 4.79 Å². The molecule has 0 spiro atoms. The fraction of sp³-hybridized carbons (Fsp3) is 0.